The van der Waals surface area contributed by atoms with Crippen LogP contribution in [0.5, 0.6) is 5.75 Å². The van der Waals surface area contributed by atoms with Gasteiger partial charge < -0.3 is 15.2 Å². The fraction of sp³-hybridized carbons (Fsp3) is 0.588. The first-order valence-electron chi connectivity index (χ1n) is 7.71. The zero-order valence-electron chi connectivity index (χ0n) is 12.9. The minimum absolute atomic E-state index is 0.0108. The normalized spacial score (nSPS) is 16.7. The van der Waals surface area contributed by atoms with Crippen molar-refractivity contribution in [2.24, 2.45) is 5.92 Å². The maximum absolute atomic E-state index is 11.8. The van der Waals surface area contributed by atoms with Crippen LogP contribution in [0.2, 0.25) is 0 Å². The van der Waals surface area contributed by atoms with E-state index >= 15 is 0 Å². The first-order chi connectivity index (χ1) is 10.1. The van der Waals surface area contributed by atoms with Crippen LogP contribution in [-0.2, 0) is 4.79 Å². The number of carbonyl (C=O) groups is 1. The lowest BCUT2D eigenvalue weighted by Gasteiger charge is -2.18. The molecule has 1 atom stereocenters. The molecule has 1 aromatic rings. The highest BCUT2D eigenvalue weighted by Crippen LogP contribution is 2.27. The topological polar surface area (TPSA) is 58.6 Å². The van der Waals surface area contributed by atoms with Gasteiger partial charge in [0, 0.05) is 6.54 Å². The summed E-state index contributed by atoms with van der Waals surface area (Å²) < 4.78 is 5.59. The minimum Gasteiger partial charge on any atom is -0.483 e. The van der Waals surface area contributed by atoms with Crippen LogP contribution in [0.25, 0.3) is 0 Å². The Labute approximate surface area is 126 Å². The van der Waals surface area contributed by atoms with Crippen molar-refractivity contribution in [2.45, 2.75) is 45.6 Å². The van der Waals surface area contributed by atoms with E-state index in [4.69, 9.17) is 4.74 Å². The Morgan fingerprint density at radius 1 is 1.33 bits per heavy atom. The smallest absolute Gasteiger partial charge is 0.258 e. The first kappa shape index (κ1) is 15.8. The van der Waals surface area contributed by atoms with E-state index in [1.54, 1.807) is 0 Å². The number of amides is 1. The standard InChI is InChI=1S/C17H25NO3/c1-12-6-5-7-13(2)17(12)21-11-16(20)18-10-15(19)14-8-3-4-9-14/h5-7,14-15,19H,3-4,8-11H2,1-2H3,(H,18,20). The van der Waals surface area contributed by atoms with Crippen LogP contribution < -0.4 is 10.1 Å². The van der Waals surface area contributed by atoms with Gasteiger partial charge in [0.2, 0.25) is 0 Å². The summed E-state index contributed by atoms with van der Waals surface area (Å²) in [4.78, 5) is 11.8. The maximum Gasteiger partial charge on any atom is 0.258 e. The Hall–Kier alpha value is -1.55. The highest BCUT2D eigenvalue weighted by atomic mass is 16.5. The molecule has 4 heteroatoms. The molecule has 0 saturated heterocycles. The molecule has 2 N–H and O–H groups in total. The molecule has 1 unspecified atom stereocenters. The third-order valence-corrected chi connectivity index (χ3v) is 4.21. The Morgan fingerprint density at radius 3 is 2.57 bits per heavy atom. The Balaban J connectivity index is 1.74. The van der Waals surface area contributed by atoms with Gasteiger partial charge in [-0.3, -0.25) is 4.79 Å². The van der Waals surface area contributed by atoms with Gasteiger partial charge in [0.15, 0.2) is 6.61 Å². The van der Waals surface area contributed by atoms with Crippen LogP contribution in [0.3, 0.4) is 0 Å². The molecule has 0 spiro atoms. The zero-order valence-corrected chi connectivity index (χ0v) is 12.9. The second-order valence-corrected chi connectivity index (χ2v) is 5.93. The third kappa shape index (κ3) is 4.46. The van der Waals surface area contributed by atoms with Crippen LogP contribution in [0, 0.1) is 19.8 Å². The van der Waals surface area contributed by atoms with E-state index in [2.05, 4.69) is 5.32 Å². The maximum atomic E-state index is 11.8. The van der Waals surface area contributed by atoms with E-state index in [9.17, 15) is 9.90 Å². The van der Waals surface area contributed by atoms with E-state index in [1.807, 2.05) is 32.0 Å². The van der Waals surface area contributed by atoms with Gasteiger partial charge in [-0.2, -0.15) is 0 Å². The van der Waals surface area contributed by atoms with Gasteiger partial charge in [-0.25, -0.2) is 0 Å². The molecule has 1 aliphatic carbocycles. The van der Waals surface area contributed by atoms with Gasteiger partial charge in [0.1, 0.15) is 5.75 Å². The van der Waals surface area contributed by atoms with Gasteiger partial charge in [0.25, 0.3) is 5.91 Å². The van der Waals surface area contributed by atoms with Crippen LogP contribution in [0.1, 0.15) is 36.8 Å². The van der Waals surface area contributed by atoms with Gasteiger partial charge in [-0.1, -0.05) is 31.0 Å². The number of aliphatic hydroxyl groups is 1. The molecule has 1 saturated carbocycles. The number of para-hydroxylation sites is 1. The summed E-state index contributed by atoms with van der Waals surface area (Å²) in [5.41, 5.74) is 2.04. The largest absolute Gasteiger partial charge is 0.483 e. The van der Waals surface area contributed by atoms with Crippen molar-refractivity contribution in [1.82, 2.24) is 5.32 Å². The van der Waals surface area contributed by atoms with Crippen LogP contribution >= 0.6 is 0 Å². The number of hydrogen-bond donors (Lipinski definition) is 2. The van der Waals surface area contributed by atoms with E-state index in [1.165, 1.54) is 12.8 Å². The lowest BCUT2D eigenvalue weighted by molar-refractivity contribution is -0.123. The molecule has 0 bridgehead atoms. The van der Waals surface area contributed by atoms with Crippen molar-refractivity contribution in [3.8, 4) is 5.75 Å². The highest BCUT2D eigenvalue weighted by molar-refractivity contribution is 5.77. The molecule has 1 fully saturated rings. The molecule has 0 heterocycles. The molecule has 2 rings (SSSR count). The molecule has 0 aliphatic heterocycles. The molecular formula is C17H25NO3. The summed E-state index contributed by atoms with van der Waals surface area (Å²) in [6.07, 6.45) is 4.07. The second-order valence-electron chi connectivity index (χ2n) is 5.93. The highest BCUT2D eigenvalue weighted by Gasteiger charge is 2.23. The number of aryl methyl sites for hydroxylation is 2. The van der Waals surface area contributed by atoms with Crippen molar-refractivity contribution in [3.63, 3.8) is 0 Å². The molecular weight excluding hydrogens is 266 g/mol. The molecule has 21 heavy (non-hydrogen) atoms. The number of ether oxygens (including phenoxy) is 1. The average molecular weight is 291 g/mol. The lowest BCUT2D eigenvalue weighted by atomic mass is 10.0. The third-order valence-electron chi connectivity index (χ3n) is 4.21. The Bertz CT molecular complexity index is 461. The van der Waals surface area contributed by atoms with Crippen LogP contribution in [0.15, 0.2) is 18.2 Å². The summed E-state index contributed by atoms with van der Waals surface area (Å²) in [5, 5.41) is 12.8. The number of aliphatic hydroxyl groups excluding tert-OH is 1. The predicted molar refractivity (Wildman–Crippen MR) is 82.4 cm³/mol. The summed E-state index contributed by atoms with van der Waals surface area (Å²) in [6, 6.07) is 5.89. The molecule has 0 radical (unpaired) electrons. The zero-order chi connectivity index (χ0) is 15.2. The number of carbonyl (C=O) groups excluding carboxylic acids is 1. The molecule has 1 amide bonds. The van der Waals surface area contributed by atoms with E-state index < -0.39 is 6.10 Å². The van der Waals surface area contributed by atoms with Crippen LogP contribution in [0.4, 0.5) is 0 Å². The fourth-order valence-electron chi connectivity index (χ4n) is 2.94. The van der Waals surface area contributed by atoms with Crippen molar-refractivity contribution in [3.05, 3.63) is 29.3 Å². The lowest BCUT2D eigenvalue weighted by Crippen LogP contribution is -2.38. The van der Waals surface area contributed by atoms with Crippen molar-refractivity contribution in [2.75, 3.05) is 13.2 Å². The summed E-state index contributed by atoms with van der Waals surface area (Å²) in [6.45, 7) is 4.23. The van der Waals surface area contributed by atoms with E-state index in [0.29, 0.717) is 12.5 Å². The number of benzene rings is 1. The molecule has 116 valence electrons. The van der Waals surface area contributed by atoms with Crippen molar-refractivity contribution in [1.29, 1.82) is 0 Å². The van der Waals surface area contributed by atoms with Gasteiger partial charge in [-0.05, 0) is 43.7 Å². The van der Waals surface area contributed by atoms with Crippen molar-refractivity contribution < 1.29 is 14.6 Å². The second kappa shape index (κ2) is 7.46. The SMILES string of the molecule is Cc1cccc(C)c1OCC(=O)NCC(O)C1CCCC1. The molecule has 1 aliphatic rings. The first-order valence-corrected chi connectivity index (χ1v) is 7.71. The summed E-state index contributed by atoms with van der Waals surface area (Å²) in [5.74, 6) is 0.920. The fourth-order valence-corrected chi connectivity index (χ4v) is 2.94. The molecule has 0 aromatic heterocycles. The van der Waals surface area contributed by atoms with E-state index in [0.717, 1.165) is 29.7 Å². The molecule has 4 nitrogen and oxygen atoms in total. The number of nitrogens with one attached hydrogen (secondary N) is 1. The number of rotatable bonds is 6. The van der Waals surface area contributed by atoms with Gasteiger partial charge in [0.05, 0.1) is 6.10 Å². The average Bonchev–Trinajstić information content (AvgIpc) is 2.98. The summed E-state index contributed by atoms with van der Waals surface area (Å²) in [7, 11) is 0. The van der Waals surface area contributed by atoms with Gasteiger partial charge >= 0.3 is 0 Å². The van der Waals surface area contributed by atoms with Crippen LogP contribution in [-0.4, -0.2) is 30.3 Å². The monoisotopic (exact) mass is 291 g/mol. The minimum atomic E-state index is -0.434. The summed E-state index contributed by atoms with van der Waals surface area (Å²) >= 11 is 0. The quantitative estimate of drug-likeness (QED) is 0.846. The predicted octanol–water partition coefficient (Wildman–Crippen LogP) is 2.35. The van der Waals surface area contributed by atoms with Gasteiger partial charge in [-0.15, -0.1) is 0 Å². The van der Waals surface area contributed by atoms with E-state index in [-0.39, 0.29) is 12.5 Å². The Kier molecular flexibility index (Phi) is 5.62. The Morgan fingerprint density at radius 2 is 1.95 bits per heavy atom. The van der Waals surface area contributed by atoms with Crippen molar-refractivity contribution >= 4 is 5.91 Å². The number of hydrogen-bond acceptors (Lipinski definition) is 3. The molecule has 1 aromatic carbocycles.